The van der Waals surface area contributed by atoms with Crippen molar-refractivity contribution >= 4 is 63.2 Å². The fraction of sp³-hybridized carbons (Fsp3) is 0.468. The van der Waals surface area contributed by atoms with E-state index in [0.717, 1.165) is 81.4 Å². The molecule has 3 amide bonds. The predicted molar refractivity (Wildman–Crippen MR) is 359 cm³/mol. The number of hydrogen-bond donors (Lipinski definition) is 3. The van der Waals surface area contributed by atoms with E-state index in [2.05, 4.69) is 82.0 Å². The Hall–Kier alpha value is -9.06. The van der Waals surface area contributed by atoms with E-state index in [1.54, 1.807) is 24.8 Å². The number of pyridine rings is 3. The number of amides is 3. The Morgan fingerprint density at radius 3 is 1.40 bits per heavy atom. The number of aromatic nitrogens is 3. The van der Waals surface area contributed by atoms with Crippen LogP contribution in [0.15, 0.2) is 167 Å². The highest BCUT2D eigenvalue weighted by atomic mass is 16.5. The number of nitrogens with zero attached hydrogens (tertiary/aromatic N) is 3. The molecule has 12 aliphatic rings. The Balaban J connectivity index is 0.000000125. The maximum absolute atomic E-state index is 13.5. The third-order valence-corrected chi connectivity index (χ3v) is 23.7. The quantitative estimate of drug-likeness (QED) is 0.141. The normalized spacial score (nSPS) is 33.3. The molecule has 18 nitrogen and oxygen atoms in total. The SMILES string of the molecule is CC(=O)NCC1CC(=O)C2=C(C1)O[C@@H]1C(=C2)C=C[C@]2(C)[C@@H](c3cccnc3)C(=O)C[C@@H]12.CC(=O)NCC1CC(=O)C2=C(C1)O[C@@H]1C(=C2)CC[C@]2(C)[C@@H](c3ccc4cnccc4c3)C(=O)C[C@@H]12.CC(=O)NCC1CC(=O)C2=C(C1)O[C@@H]1C(=C2)CC[C@]2(C)[C@@H](c3cccnc3)C(=O)C[C@@H]12. The summed E-state index contributed by atoms with van der Waals surface area (Å²) in [5.41, 5.74) is 7.55. The molecule has 0 bridgehead atoms. The Bertz CT molecular complexity index is 4240. The molecule has 0 spiro atoms. The van der Waals surface area contributed by atoms with Crippen molar-refractivity contribution in [1.82, 2.24) is 30.9 Å². The molecule has 3 aromatic heterocycles. The Kier molecular flexibility index (Phi) is 17.3. The van der Waals surface area contributed by atoms with Gasteiger partial charge in [-0.25, -0.2) is 0 Å². The van der Waals surface area contributed by atoms with Gasteiger partial charge in [0.25, 0.3) is 0 Å². The van der Waals surface area contributed by atoms with Crippen LogP contribution < -0.4 is 16.0 Å². The molecule has 5 saturated carbocycles. The number of Topliss-reactive ketones (excluding diaryl/α,β-unsaturated/α-hetero) is 6. The zero-order valence-corrected chi connectivity index (χ0v) is 56.0. The topological polar surface area (TPSA) is 256 Å². The van der Waals surface area contributed by atoms with Crippen molar-refractivity contribution in [3.8, 4) is 0 Å². The van der Waals surface area contributed by atoms with Crippen molar-refractivity contribution in [2.45, 2.75) is 161 Å². The number of carbonyl (C=O) groups excluding carboxylic acids is 9. The molecule has 97 heavy (non-hydrogen) atoms. The first-order valence-corrected chi connectivity index (χ1v) is 34.6. The molecule has 0 radical (unpaired) electrons. The Labute approximate surface area is 564 Å². The van der Waals surface area contributed by atoms with Crippen LogP contribution in [0, 0.1) is 51.8 Å². The van der Waals surface area contributed by atoms with Gasteiger partial charge in [-0.15, -0.1) is 0 Å². The predicted octanol–water partition coefficient (Wildman–Crippen LogP) is 10.7. The highest BCUT2D eigenvalue weighted by molar-refractivity contribution is 6.02. The van der Waals surface area contributed by atoms with Crippen molar-refractivity contribution in [1.29, 1.82) is 0 Å². The minimum atomic E-state index is -0.367. The van der Waals surface area contributed by atoms with Crippen LogP contribution in [0.1, 0.15) is 159 Å². The Morgan fingerprint density at radius 1 is 0.474 bits per heavy atom. The molecular weight excluding hydrogens is 1220 g/mol. The number of ether oxygens (including phenoxy) is 3. The first-order chi connectivity index (χ1) is 46.6. The summed E-state index contributed by atoms with van der Waals surface area (Å²) in [5.74, 6) is 2.60. The second kappa shape index (κ2) is 25.7. The lowest BCUT2D eigenvalue weighted by atomic mass is 9.61. The van der Waals surface area contributed by atoms with Crippen LogP contribution in [-0.2, 0) is 57.4 Å². The first-order valence-electron chi connectivity index (χ1n) is 34.6. The summed E-state index contributed by atoms with van der Waals surface area (Å²) in [7, 11) is 0. The highest BCUT2D eigenvalue weighted by Gasteiger charge is 2.61. The summed E-state index contributed by atoms with van der Waals surface area (Å²) >= 11 is 0. The number of nitrogens with one attached hydrogen (secondary N) is 3. The lowest BCUT2D eigenvalue weighted by Gasteiger charge is -2.47. The van der Waals surface area contributed by atoms with Crippen LogP contribution in [0.25, 0.3) is 10.8 Å². The smallest absolute Gasteiger partial charge is 0.216 e. The third kappa shape index (κ3) is 12.1. The number of allylic oxidation sites excluding steroid dienone is 10. The zero-order chi connectivity index (χ0) is 67.8. The summed E-state index contributed by atoms with van der Waals surface area (Å²) < 4.78 is 19.6. The molecule has 502 valence electrons. The standard InChI is InChI=1S/C29H30N2O4.C25H28N2O4.C25H26N2O4/c1-16(32)31-14-17-9-24(33)22-12-20-5-7-29(2)23(28(20)35-26(22)10-17)13-25(34)27(29)19-3-4-21-15-30-8-6-18(21)11-19;2*1-14(28)27-12-15-8-20(29)18-10-16-5-6-25(2)19(24(16)31-22(18)9-15)11-21(30)23(25)17-4-3-7-26-13-17/h3-4,6,8,11-12,15,17,23,27-28H,5,7,9-10,13-14H2,1-2H3,(H,31,32);3-4,7,10,13,15,19,23-24H,5-6,8-9,11-12H2,1-2H3,(H,27,28);3-7,10,13,15,19,23-24H,8-9,11-12H2,1-2H3,(H,27,28)/t17?,23-,27-,28+,29-;2*15?,19-,23-,24+,25-/m000/s1. The van der Waals surface area contributed by atoms with E-state index in [-0.39, 0.29) is 140 Å². The van der Waals surface area contributed by atoms with Crippen molar-refractivity contribution < 1.29 is 57.4 Å². The van der Waals surface area contributed by atoms with E-state index in [0.29, 0.717) is 99.9 Å². The van der Waals surface area contributed by atoms with Gasteiger partial charge in [0.2, 0.25) is 17.7 Å². The van der Waals surface area contributed by atoms with E-state index >= 15 is 0 Å². The summed E-state index contributed by atoms with van der Waals surface area (Å²) in [5, 5.41) is 10.7. The van der Waals surface area contributed by atoms with Crippen LogP contribution in [-0.4, -0.2) is 105 Å². The van der Waals surface area contributed by atoms with Gasteiger partial charge >= 0.3 is 0 Å². The molecule has 3 unspecified atom stereocenters. The average molecular weight is 1310 g/mol. The molecular formula is C79H84N6O12. The molecule has 6 heterocycles. The van der Waals surface area contributed by atoms with Gasteiger partial charge in [-0.1, -0.05) is 63.3 Å². The fourth-order valence-electron chi connectivity index (χ4n) is 18.9. The highest BCUT2D eigenvalue weighted by Crippen LogP contribution is 2.63. The first kappa shape index (κ1) is 65.2. The molecule has 0 saturated heterocycles. The Morgan fingerprint density at radius 2 is 0.918 bits per heavy atom. The van der Waals surface area contributed by atoms with Gasteiger partial charge in [-0.3, -0.25) is 58.1 Å². The molecule has 5 fully saturated rings. The lowest BCUT2D eigenvalue weighted by molar-refractivity contribution is -0.121. The second-order valence-electron chi connectivity index (χ2n) is 30.0. The molecule has 18 heteroatoms. The number of rotatable bonds is 9. The van der Waals surface area contributed by atoms with Crippen molar-refractivity contribution in [2.24, 2.45) is 51.8 Å². The van der Waals surface area contributed by atoms with Crippen molar-refractivity contribution in [3.63, 3.8) is 0 Å². The fourth-order valence-corrected chi connectivity index (χ4v) is 18.9. The monoisotopic (exact) mass is 1310 g/mol. The van der Waals surface area contributed by atoms with Gasteiger partial charge in [0, 0.05) is 176 Å². The molecule has 3 N–H and O–H groups in total. The maximum Gasteiger partial charge on any atom is 0.216 e. The van der Waals surface area contributed by atoms with E-state index in [1.807, 2.05) is 61.0 Å². The molecule has 4 aromatic rings. The van der Waals surface area contributed by atoms with Gasteiger partial charge in [-0.05, 0) is 129 Å². The van der Waals surface area contributed by atoms with Crippen LogP contribution in [0.3, 0.4) is 0 Å². The van der Waals surface area contributed by atoms with Gasteiger partial charge in [0.15, 0.2) is 17.3 Å². The number of carbonyl (C=O) groups is 9. The van der Waals surface area contributed by atoms with Crippen molar-refractivity contribution in [2.75, 3.05) is 19.6 Å². The molecule has 16 rings (SSSR count). The molecule has 3 aliphatic heterocycles. The lowest BCUT2D eigenvalue weighted by Crippen LogP contribution is -2.44. The molecule has 15 atom stereocenters. The van der Waals surface area contributed by atoms with Gasteiger partial charge in [0.1, 0.15) is 52.9 Å². The van der Waals surface area contributed by atoms with Crippen LogP contribution in [0.5, 0.6) is 0 Å². The number of fused-ring (bicyclic) bond motifs is 10. The summed E-state index contributed by atoms with van der Waals surface area (Å²) in [4.78, 5) is 125. The van der Waals surface area contributed by atoms with Crippen LogP contribution >= 0.6 is 0 Å². The molecule has 9 aliphatic carbocycles. The largest absolute Gasteiger partial charge is 0.489 e. The third-order valence-electron chi connectivity index (χ3n) is 23.7. The minimum absolute atomic E-state index is 0.00123. The van der Waals surface area contributed by atoms with Gasteiger partial charge in [0.05, 0.1) is 22.6 Å². The summed E-state index contributed by atoms with van der Waals surface area (Å²) in [6.45, 7) is 12.5. The summed E-state index contributed by atoms with van der Waals surface area (Å²) in [6.07, 6.45) is 28.4. The van der Waals surface area contributed by atoms with Crippen molar-refractivity contribution in [3.05, 3.63) is 183 Å². The van der Waals surface area contributed by atoms with E-state index in [1.165, 1.54) is 20.8 Å². The van der Waals surface area contributed by atoms with Gasteiger partial charge in [-0.2, -0.15) is 0 Å². The van der Waals surface area contributed by atoms with Crippen LogP contribution in [0.4, 0.5) is 0 Å². The number of ketones is 6. The minimum Gasteiger partial charge on any atom is -0.489 e. The van der Waals surface area contributed by atoms with E-state index in [9.17, 15) is 43.2 Å². The average Bonchev–Trinajstić information content (AvgIpc) is 1.63. The molecule has 1 aromatic carbocycles. The van der Waals surface area contributed by atoms with Crippen LogP contribution in [0.2, 0.25) is 0 Å². The number of hydrogen-bond acceptors (Lipinski definition) is 15. The maximum atomic E-state index is 13.5. The second-order valence-corrected chi connectivity index (χ2v) is 30.0. The van der Waals surface area contributed by atoms with E-state index in [4.69, 9.17) is 14.2 Å². The summed E-state index contributed by atoms with van der Waals surface area (Å²) in [6, 6.07) is 16.0. The number of benzene rings is 1. The van der Waals surface area contributed by atoms with E-state index < -0.39 is 0 Å². The zero-order valence-electron chi connectivity index (χ0n) is 56.0. The van der Waals surface area contributed by atoms with Gasteiger partial charge < -0.3 is 30.2 Å².